The van der Waals surface area contributed by atoms with Crippen LogP contribution in [0.15, 0.2) is 0 Å². The summed E-state index contributed by atoms with van der Waals surface area (Å²) in [5, 5.41) is 0. The number of benzene rings is 1. The minimum Gasteiger partial charge on any atom is -0.529 e. The molecule has 0 atom stereocenters. The van der Waals surface area contributed by atoms with Gasteiger partial charge in [0.25, 0.3) is 0 Å². The third-order valence-electron chi connectivity index (χ3n) is 1.48. The van der Waals surface area contributed by atoms with E-state index in [2.05, 4.69) is 0 Å². The summed E-state index contributed by atoms with van der Waals surface area (Å²) in [6, 6.07) is 0. The Hall–Kier alpha value is -0.798. The molecule has 0 heterocycles. The largest absolute Gasteiger partial charge is 0.529 e. The Morgan fingerprint density at radius 1 is 0.812 bits per heavy atom. The van der Waals surface area contributed by atoms with E-state index in [4.69, 9.17) is 4.74 Å². The summed E-state index contributed by atoms with van der Waals surface area (Å²) in [5.41, 5.74) is 0. The zero-order valence-electron chi connectivity index (χ0n) is 7.80. The molecule has 0 bridgehead atoms. The molecule has 0 aliphatic rings. The van der Waals surface area contributed by atoms with Gasteiger partial charge in [-0.25, -0.2) is 13.2 Å². The maximum absolute atomic E-state index is 13.1. The van der Waals surface area contributed by atoms with Gasteiger partial charge in [-0.15, -0.1) is 0 Å². The molecular weight excluding hydrogens is 246 g/mol. The molecule has 1 aromatic rings. The zero-order chi connectivity index (χ0) is 12.7. The quantitative estimate of drug-likeness (QED) is 0.339. The number of rotatable bonds is 2. The molecule has 1 rings (SSSR count). The van der Waals surface area contributed by atoms with E-state index in [1.165, 1.54) is 13.8 Å². The molecule has 90 valence electrons. The predicted octanol–water partition coefficient (Wildman–Crippen LogP) is 1.86. The molecule has 0 amide bonds. The minimum atomic E-state index is -2.18. The normalized spacial score (nSPS) is 11.9. The number of halogens is 5. The van der Waals surface area contributed by atoms with Gasteiger partial charge in [-0.3, -0.25) is 0 Å². The van der Waals surface area contributed by atoms with E-state index < -0.39 is 55.6 Å². The van der Waals surface area contributed by atoms with Crippen LogP contribution in [0.1, 0.15) is 13.8 Å². The van der Waals surface area contributed by atoms with Gasteiger partial charge in [-0.2, -0.15) is 8.78 Å². The number of hydrogen-bond acceptors (Lipinski definition) is 1. The summed E-state index contributed by atoms with van der Waals surface area (Å²) in [7, 11) is 0. The zero-order valence-corrected chi connectivity index (χ0v) is 7.80. The topological polar surface area (TPSA) is 9.23 Å². The third kappa shape index (κ3) is 2.47. The van der Waals surface area contributed by atoms with Crippen LogP contribution in [0.25, 0.3) is 0 Å². The van der Waals surface area contributed by atoms with Crippen LogP contribution in [-0.4, -0.2) is 20.8 Å². The average Bonchev–Trinajstić information content (AvgIpc) is 2.17. The Bertz CT molecular complexity index is 398. The Morgan fingerprint density at radius 2 is 1.12 bits per heavy atom. The first-order valence-electron chi connectivity index (χ1n) is 3.85. The lowest BCUT2D eigenvalue weighted by atomic mass is 10.2. The Balaban J connectivity index is 3.40. The molecule has 0 aromatic heterocycles. The van der Waals surface area contributed by atoms with Crippen LogP contribution in [-0.2, 0) is 0 Å². The van der Waals surface area contributed by atoms with Crippen LogP contribution in [0.3, 0.4) is 0 Å². The molecule has 0 spiro atoms. The van der Waals surface area contributed by atoms with Crippen molar-refractivity contribution < 1.29 is 26.7 Å². The van der Waals surface area contributed by atoms with Crippen LogP contribution >= 0.6 is 0 Å². The average molecular weight is 255 g/mol. The fourth-order valence-corrected chi connectivity index (χ4v) is 0.878. The second kappa shape index (κ2) is 4.23. The molecule has 0 radical (unpaired) electrons. The molecule has 0 aliphatic heterocycles. The predicted molar refractivity (Wildman–Crippen MR) is 50.9 cm³/mol. The molecule has 0 saturated heterocycles. The van der Waals surface area contributed by atoms with Gasteiger partial charge in [0.1, 0.15) is 16.3 Å². The fourth-order valence-electron chi connectivity index (χ4n) is 0.878. The summed E-state index contributed by atoms with van der Waals surface area (Å²) < 4.78 is 68.4. The van der Waals surface area contributed by atoms with Gasteiger partial charge in [0.05, 0.1) is 0 Å². The van der Waals surface area contributed by atoms with Crippen LogP contribution in [0.5, 0.6) is 5.75 Å². The monoisotopic (exact) mass is 255 g/mol. The van der Waals surface area contributed by atoms with Crippen molar-refractivity contribution in [3.05, 3.63) is 29.1 Å². The van der Waals surface area contributed by atoms with E-state index in [1.54, 1.807) is 0 Å². The van der Waals surface area contributed by atoms with Crippen molar-refractivity contribution in [3.63, 3.8) is 0 Å². The molecule has 16 heavy (non-hydrogen) atoms. The van der Waals surface area contributed by atoms with Gasteiger partial charge in [0, 0.05) is 0 Å². The lowest BCUT2D eigenvalue weighted by Gasteiger charge is -2.27. The van der Waals surface area contributed by atoms with Crippen molar-refractivity contribution in [1.29, 1.82) is 0 Å². The van der Waals surface area contributed by atoms with Gasteiger partial charge in [-0.05, 0) is 0 Å². The maximum atomic E-state index is 13.1. The highest BCUT2D eigenvalue weighted by Crippen LogP contribution is 2.30. The Kier molecular flexibility index (Phi) is 3.50. The fraction of sp³-hybridized carbons (Fsp3) is 0.333. The summed E-state index contributed by atoms with van der Waals surface area (Å²) in [5.74, 6) is -11.2. The molecule has 1 nitrogen and oxygen atoms in total. The van der Waals surface area contributed by atoms with Gasteiger partial charge in [0.15, 0.2) is 5.75 Å². The molecule has 0 unspecified atom stereocenters. The number of hydrogen-bond donors (Lipinski definition) is 0. The molecule has 0 N–H and O–H groups in total. The summed E-state index contributed by atoms with van der Waals surface area (Å²) >= 11 is -0.492. The van der Waals surface area contributed by atoms with Crippen molar-refractivity contribution >= 4 is 16.3 Å². The first-order valence-corrected chi connectivity index (χ1v) is 3.85. The van der Waals surface area contributed by atoms with Crippen molar-refractivity contribution in [2.24, 2.45) is 0 Å². The Morgan fingerprint density at radius 3 is 1.44 bits per heavy atom. The number of ether oxygens (including phenoxy) is 1. The van der Waals surface area contributed by atoms with Crippen molar-refractivity contribution in [2.45, 2.75) is 18.3 Å². The van der Waals surface area contributed by atoms with Gasteiger partial charge in [0.2, 0.25) is 29.1 Å². The van der Waals surface area contributed by atoms with E-state index in [1.807, 2.05) is 0 Å². The first kappa shape index (κ1) is 13.3. The van der Waals surface area contributed by atoms with Crippen molar-refractivity contribution in [3.8, 4) is 5.75 Å². The van der Waals surface area contributed by atoms with E-state index in [-0.39, 0.29) is 0 Å². The molecule has 0 saturated carbocycles. The minimum absolute atomic E-state index is 0.492. The van der Waals surface area contributed by atoms with Crippen molar-refractivity contribution in [2.75, 3.05) is 0 Å². The molecule has 0 fully saturated rings. The summed E-state index contributed by atoms with van der Waals surface area (Å²) in [6.45, 7) is 3.07. The lowest BCUT2D eigenvalue weighted by Crippen LogP contribution is -2.29. The molecular formula is C9H9AlF5O-. The van der Waals surface area contributed by atoms with Gasteiger partial charge in [-0.1, -0.05) is 18.3 Å². The standard InChI is InChI=1S/C9H6F5O.Al.3H/c1-3(2)15-9-7(13)5(11)4(10)6(12)8(9)14;;;;/h1-2H3;;;;/q;-1;;;. The van der Waals surface area contributed by atoms with E-state index in [9.17, 15) is 22.0 Å². The van der Waals surface area contributed by atoms with Crippen LogP contribution in [0.2, 0.25) is 0 Å². The Labute approximate surface area is 96.6 Å². The van der Waals surface area contributed by atoms with Crippen LogP contribution < -0.4 is 4.74 Å². The van der Waals surface area contributed by atoms with Gasteiger partial charge < -0.3 is 4.74 Å². The molecule has 1 aromatic carbocycles. The van der Waals surface area contributed by atoms with Crippen LogP contribution in [0, 0.1) is 29.1 Å². The van der Waals surface area contributed by atoms with E-state index in [0.29, 0.717) is 0 Å². The van der Waals surface area contributed by atoms with Gasteiger partial charge >= 0.3 is 0 Å². The molecule has 0 aliphatic carbocycles. The SMILES string of the molecule is C[C](C)([AlH3-])Oc1c(F)c(F)c(F)c(F)c1F. The third-order valence-corrected chi connectivity index (χ3v) is 1.48. The second-order valence-corrected chi connectivity index (χ2v) is 2.91. The van der Waals surface area contributed by atoms with Crippen molar-refractivity contribution in [1.82, 2.24) is 0 Å². The molecule has 7 heteroatoms. The highest BCUT2D eigenvalue weighted by atomic mass is 27.0. The smallest absolute Gasteiger partial charge is 0.206 e. The van der Waals surface area contributed by atoms with E-state index >= 15 is 0 Å². The summed E-state index contributed by atoms with van der Waals surface area (Å²) in [6.07, 6.45) is 0. The first-order chi connectivity index (χ1) is 7.15. The second-order valence-electron chi connectivity index (χ2n) is 2.91. The lowest BCUT2D eigenvalue weighted by molar-refractivity contribution is 0.171. The highest BCUT2D eigenvalue weighted by Gasteiger charge is 2.28. The van der Waals surface area contributed by atoms with Crippen LogP contribution in [0.4, 0.5) is 22.0 Å². The van der Waals surface area contributed by atoms with E-state index in [0.717, 1.165) is 0 Å². The maximum Gasteiger partial charge on any atom is 0.206 e. The highest BCUT2D eigenvalue weighted by molar-refractivity contribution is 6.14. The summed E-state index contributed by atoms with van der Waals surface area (Å²) in [4.78, 5) is 0.